The molecule has 0 aromatic rings. The summed E-state index contributed by atoms with van der Waals surface area (Å²) >= 11 is 0. The number of esters is 1. The van der Waals surface area contributed by atoms with Crippen molar-refractivity contribution in [3.63, 3.8) is 0 Å². The third-order valence-corrected chi connectivity index (χ3v) is 8.89. The van der Waals surface area contributed by atoms with Gasteiger partial charge in [0.15, 0.2) is 0 Å². The van der Waals surface area contributed by atoms with Crippen LogP contribution in [0.3, 0.4) is 0 Å². The van der Waals surface area contributed by atoms with E-state index in [-0.39, 0.29) is 19.2 Å². The zero-order valence-corrected chi connectivity index (χ0v) is 34.5. The molecule has 4 heteroatoms. The van der Waals surface area contributed by atoms with Crippen molar-refractivity contribution in [3.05, 3.63) is 97.2 Å². The second-order valence-electron chi connectivity index (χ2n) is 14.0. The van der Waals surface area contributed by atoms with Gasteiger partial charge in [-0.25, -0.2) is 0 Å². The summed E-state index contributed by atoms with van der Waals surface area (Å²) in [6.45, 7) is 5.14. The monoisotopic (exact) mass is 735 g/mol. The second kappa shape index (κ2) is 45.5. The van der Waals surface area contributed by atoms with E-state index in [1.54, 1.807) is 0 Å². The molecule has 0 heterocycles. The first-order valence-electron chi connectivity index (χ1n) is 21.8. The summed E-state index contributed by atoms with van der Waals surface area (Å²) in [6, 6.07) is 0. The molecular weight excluding hydrogens is 653 g/mol. The molecule has 1 atom stereocenters. The van der Waals surface area contributed by atoms with E-state index in [1.807, 2.05) is 0 Å². The fourth-order valence-electron chi connectivity index (χ4n) is 5.65. The van der Waals surface area contributed by atoms with Crippen LogP contribution in [0, 0.1) is 0 Å². The molecule has 0 bridgehead atoms. The average Bonchev–Trinajstić information content (AvgIpc) is 3.16. The van der Waals surface area contributed by atoms with Crippen LogP contribution in [0.25, 0.3) is 0 Å². The first kappa shape index (κ1) is 50.3. The number of unbranched alkanes of at least 4 members (excludes halogenated alkanes) is 15. The van der Waals surface area contributed by atoms with Crippen molar-refractivity contribution in [2.24, 2.45) is 0 Å². The predicted octanol–water partition coefficient (Wildman–Crippen LogP) is 14.5. The Morgan fingerprint density at radius 1 is 0.472 bits per heavy atom. The SMILES string of the molecule is CC/C=C\C/C=C\C/C=C\C/C=C\C/C=C\C/C=C\CCCCC(=O)OC(CO)COCCCCCCCCCCCC/C=C\C/C=C\CCCCC. The number of ether oxygens (including phenoxy) is 2. The minimum absolute atomic E-state index is 0.197. The number of carbonyl (C=O) groups excluding carboxylic acids is 1. The van der Waals surface area contributed by atoms with Gasteiger partial charge in [-0.2, -0.15) is 0 Å². The molecule has 302 valence electrons. The maximum absolute atomic E-state index is 12.2. The van der Waals surface area contributed by atoms with Crippen LogP contribution in [0.1, 0.15) is 181 Å². The summed E-state index contributed by atoms with van der Waals surface area (Å²) in [5, 5.41) is 9.61. The van der Waals surface area contributed by atoms with E-state index in [9.17, 15) is 9.90 Å². The molecule has 0 aliphatic carbocycles. The lowest BCUT2D eigenvalue weighted by molar-refractivity contribution is -0.154. The van der Waals surface area contributed by atoms with E-state index < -0.39 is 6.10 Å². The Bertz CT molecular complexity index is 996. The lowest BCUT2D eigenvalue weighted by Gasteiger charge is -2.15. The second-order valence-corrected chi connectivity index (χ2v) is 14.0. The normalized spacial score (nSPS) is 13.3. The number of aliphatic hydroxyl groups excluding tert-OH is 1. The van der Waals surface area contributed by atoms with Crippen LogP contribution in [0.15, 0.2) is 97.2 Å². The molecule has 0 amide bonds. The number of carbonyl (C=O) groups is 1. The van der Waals surface area contributed by atoms with Gasteiger partial charge < -0.3 is 14.6 Å². The Balaban J connectivity index is 3.56. The fourth-order valence-corrected chi connectivity index (χ4v) is 5.65. The van der Waals surface area contributed by atoms with E-state index in [2.05, 4.69) is 111 Å². The zero-order chi connectivity index (χ0) is 38.4. The molecule has 0 aromatic carbocycles. The van der Waals surface area contributed by atoms with Gasteiger partial charge in [-0.3, -0.25) is 4.79 Å². The van der Waals surface area contributed by atoms with E-state index in [0.717, 1.165) is 70.6 Å². The van der Waals surface area contributed by atoms with Crippen molar-refractivity contribution in [3.8, 4) is 0 Å². The van der Waals surface area contributed by atoms with Gasteiger partial charge in [-0.15, -0.1) is 0 Å². The van der Waals surface area contributed by atoms with Crippen molar-refractivity contribution in [1.82, 2.24) is 0 Å². The van der Waals surface area contributed by atoms with E-state index >= 15 is 0 Å². The third kappa shape index (κ3) is 43.6. The molecule has 0 aliphatic heterocycles. The van der Waals surface area contributed by atoms with Crippen LogP contribution >= 0.6 is 0 Å². The van der Waals surface area contributed by atoms with Gasteiger partial charge in [0, 0.05) is 13.0 Å². The molecule has 53 heavy (non-hydrogen) atoms. The van der Waals surface area contributed by atoms with Gasteiger partial charge in [0.2, 0.25) is 0 Å². The minimum atomic E-state index is -0.566. The first-order chi connectivity index (χ1) is 26.2. The van der Waals surface area contributed by atoms with E-state index in [0.29, 0.717) is 13.0 Å². The maximum atomic E-state index is 12.2. The Morgan fingerprint density at radius 2 is 0.849 bits per heavy atom. The minimum Gasteiger partial charge on any atom is -0.457 e. The predicted molar refractivity (Wildman–Crippen MR) is 232 cm³/mol. The molecule has 0 fully saturated rings. The molecule has 0 aromatic heterocycles. The summed E-state index contributed by atoms with van der Waals surface area (Å²) in [5.41, 5.74) is 0. The Kier molecular flexibility index (Phi) is 43.2. The van der Waals surface area contributed by atoms with Crippen LogP contribution < -0.4 is 0 Å². The van der Waals surface area contributed by atoms with Crippen molar-refractivity contribution in [2.45, 2.75) is 187 Å². The van der Waals surface area contributed by atoms with Gasteiger partial charge in [-0.05, 0) is 96.3 Å². The highest BCUT2D eigenvalue weighted by Gasteiger charge is 2.13. The molecule has 0 rings (SSSR count). The highest BCUT2D eigenvalue weighted by molar-refractivity contribution is 5.69. The maximum Gasteiger partial charge on any atom is 0.306 e. The van der Waals surface area contributed by atoms with Crippen molar-refractivity contribution >= 4 is 5.97 Å². The highest BCUT2D eigenvalue weighted by Crippen LogP contribution is 2.12. The largest absolute Gasteiger partial charge is 0.457 e. The van der Waals surface area contributed by atoms with Gasteiger partial charge in [-0.1, -0.05) is 175 Å². The molecule has 0 spiro atoms. The molecule has 1 N–H and O–H groups in total. The van der Waals surface area contributed by atoms with Gasteiger partial charge >= 0.3 is 5.97 Å². The molecule has 4 nitrogen and oxygen atoms in total. The number of hydrogen-bond donors (Lipinski definition) is 1. The van der Waals surface area contributed by atoms with Crippen molar-refractivity contribution in [1.29, 1.82) is 0 Å². The smallest absolute Gasteiger partial charge is 0.306 e. The fraction of sp³-hybridized carbons (Fsp3) is 0.653. The van der Waals surface area contributed by atoms with Crippen molar-refractivity contribution in [2.75, 3.05) is 19.8 Å². The van der Waals surface area contributed by atoms with E-state index in [1.165, 1.54) is 89.9 Å². The number of allylic oxidation sites excluding steroid dienone is 16. The van der Waals surface area contributed by atoms with Crippen molar-refractivity contribution < 1.29 is 19.4 Å². The number of rotatable bonds is 39. The molecule has 0 radical (unpaired) electrons. The summed E-state index contributed by atoms with van der Waals surface area (Å²) < 4.78 is 11.1. The topological polar surface area (TPSA) is 55.8 Å². The van der Waals surface area contributed by atoms with Crippen LogP contribution in [-0.4, -0.2) is 37.0 Å². The Labute approximate surface area is 328 Å². The average molecular weight is 735 g/mol. The molecule has 0 saturated carbocycles. The van der Waals surface area contributed by atoms with Crippen LogP contribution in [-0.2, 0) is 14.3 Å². The quantitative estimate of drug-likeness (QED) is 0.0388. The molecule has 0 saturated heterocycles. The first-order valence-corrected chi connectivity index (χ1v) is 21.8. The lowest BCUT2D eigenvalue weighted by atomic mass is 10.1. The lowest BCUT2D eigenvalue weighted by Crippen LogP contribution is -2.27. The summed E-state index contributed by atoms with van der Waals surface area (Å²) in [7, 11) is 0. The highest BCUT2D eigenvalue weighted by atomic mass is 16.6. The van der Waals surface area contributed by atoms with Crippen LogP contribution in [0.2, 0.25) is 0 Å². The standard InChI is InChI=1S/C49H82O4/c1-3-5-7-9-11-13-15-17-19-21-23-25-26-28-30-32-34-36-38-40-42-44-49(51)53-48(46-50)47-52-45-43-41-39-37-35-33-31-29-27-24-22-20-18-16-14-12-10-8-6-4-2/h5,7,11-14,17-20,23,25,28,30,34,36,48,50H,3-4,6,8-10,15-16,21-22,24,26-27,29,31-33,35,37-47H2,1-2H3/b7-5-,13-11-,14-12-,19-17-,20-18-,25-23-,30-28-,36-34-. The Morgan fingerprint density at radius 3 is 1.28 bits per heavy atom. The summed E-state index contributed by atoms with van der Waals surface area (Å²) in [5.74, 6) is -0.247. The molecule has 0 aliphatic rings. The summed E-state index contributed by atoms with van der Waals surface area (Å²) in [6.07, 6.45) is 64.7. The van der Waals surface area contributed by atoms with Crippen LogP contribution in [0.4, 0.5) is 0 Å². The zero-order valence-electron chi connectivity index (χ0n) is 34.5. The van der Waals surface area contributed by atoms with Crippen LogP contribution in [0.5, 0.6) is 0 Å². The number of hydrogen-bond acceptors (Lipinski definition) is 4. The van der Waals surface area contributed by atoms with Gasteiger partial charge in [0.05, 0.1) is 13.2 Å². The Hall–Kier alpha value is -2.69. The van der Waals surface area contributed by atoms with Gasteiger partial charge in [0.25, 0.3) is 0 Å². The number of aliphatic hydroxyl groups is 1. The van der Waals surface area contributed by atoms with Gasteiger partial charge in [0.1, 0.15) is 6.10 Å². The molecular formula is C49H82O4. The molecule has 1 unspecified atom stereocenters. The van der Waals surface area contributed by atoms with E-state index in [4.69, 9.17) is 9.47 Å². The summed E-state index contributed by atoms with van der Waals surface area (Å²) in [4.78, 5) is 12.2. The third-order valence-electron chi connectivity index (χ3n) is 8.89.